The maximum atomic E-state index is 12.9. The highest BCUT2D eigenvalue weighted by Crippen LogP contribution is 2.23. The first-order chi connectivity index (χ1) is 11.1. The van der Waals surface area contributed by atoms with Crippen LogP contribution in [0.4, 0.5) is 0 Å². The first kappa shape index (κ1) is 17.2. The molecule has 2 aromatic rings. The highest BCUT2D eigenvalue weighted by atomic mass is 32.2. The number of benzene rings is 2. The lowest BCUT2D eigenvalue weighted by Crippen LogP contribution is -2.03. The molecule has 0 unspecified atom stereocenters. The summed E-state index contributed by atoms with van der Waals surface area (Å²) in [5.74, 6) is 0. The second kappa shape index (κ2) is 8.49. The van der Waals surface area contributed by atoms with E-state index in [-0.39, 0.29) is 0 Å². The predicted octanol–water partition coefficient (Wildman–Crippen LogP) is 5.25. The first-order valence-electron chi connectivity index (χ1n) is 7.88. The van der Waals surface area contributed by atoms with Gasteiger partial charge in [0.25, 0.3) is 0 Å². The molecular weight excluding hydrogens is 304 g/mol. The van der Waals surface area contributed by atoms with Crippen LogP contribution in [0.5, 0.6) is 0 Å². The van der Waals surface area contributed by atoms with Crippen LogP contribution in [0.25, 0.3) is 6.08 Å². The van der Waals surface area contributed by atoms with Gasteiger partial charge in [-0.15, -0.1) is 0 Å². The van der Waals surface area contributed by atoms with Gasteiger partial charge in [0.15, 0.2) is 0 Å². The lowest BCUT2D eigenvalue weighted by Gasteiger charge is -2.06. The zero-order valence-electron chi connectivity index (χ0n) is 13.4. The lowest BCUT2D eigenvalue weighted by atomic mass is 10.2. The van der Waals surface area contributed by atoms with E-state index in [0.717, 1.165) is 24.8 Å². The normalized spacial score (nSPS) is 12.7. The third-order valence-electron chi connectivity index (χ3n) is 3.48. The molecule has 0 amide bonds. The van der Waals surface area contributed by atoms with Gasteiger partial charge in [-0.2, -0.15) is 0 Å². The van der Waals surface area contributed by atoms with Gasteiger partial charge < -0.3 is 0 Å². The van der Waals surface area contributed by atoms with Gasteiger partial charge in [-0.1, -0.05) is 74.4 Å². The molecule has 0 N–H and O–H groups in total. The van der Waals surface area contributed by atoms with E-state index in [1.54, 1.807) is 36.4 Å². The molecule has 0 heterocycles. The fourth-order valence-electron chi connectivity index (χ4n) is 2.19. The average Bonchev–Trinajstić information content (AvgIpc) is 2.59. The van der Waals surface area contributed by atoms with Crippen LogP contribution in [0.3, 0.4) is 0 Å². The van der Waals surface area contributed by atoms with Gasteiger partial charge in [-0.05, 0) is 36.3 Å². The maximum Gasteiger partial charge on any atom is 0.206 e. The summed E-state index contributed by atoms with van der Waals surface area (Å²) in [7, 11) is -3.51. The molecule has 0 saturated carbocycles. The van der Waals surface area contributed by atoms with Crippen molar-refractivity contribution in [3.05, 3.63) is 83.3 Å². The standard InChI is InChI=1S/C20H22O2S/c1-2-3-4-9-16-20(17-18-12-7-5-8-13-18)23(21,22)19-14-10-6-11-15-19/h5-17H,2-4H2,1H3/b16-9+,20-17-. The van der Waals surface area contributed by atoms with Crippen molar-refractivity contribution in [2.75, 3.05) is 0 Å². The molecule has 0 fully saturated rings. The predicted molar refractivity (Wildman–Crippen MR) is 96.7 cm³/mol. The number of rotatable bonds is 7. The van der Waals surface area contributed by atoms with Crippen LogP contribution >= 0.6 is 0 Å². The molecule has 0 bridgehead atoms. The van der Waals surface area contributed by atoms with E-state index in [1.807, 2.05) is 42.5 Å². The number of unbranched alkanes of at least 4 members (excludes halogenated alkanes) is 2. The fraction of sp³-hybridized carbons (Fsp3) is 0.200. The zero-order valence-corrected chi connectivity index (χ0v) is 14.2. The Morgan fingerprint density at radius 1 is 0.957 bits per heavy atom. The van der Waals surface area contributed by atoms with Gasteiger partial charge >= 0.3 is 0 Å². The number of allylic oxidation sites excluding steroid dienone is 2. The third-order valence-corrected chi connectivity index (χ3v) is 5.25. The van der Waals surface area contributed by atoms with Crippen LogP contribution in [-0.4, -0.2) is 8.42 Å². The second-order valence-corrected chi connectivity index (χ2v) is 7.27. The van der Waals surface area contributed by atoms with Gasteiger partial charge in [0.2, 0.25) is 9.84 Å². The molecule has 2 rings (SSSR count). The van der Waals surface area contributed by atoms with Crippen molar-refractivity contribution in [2.45, 2.75) is 31.1 Å². The monoisotopic (exact) mass is 326 g/mol. The molecule has 0 saturated heterocycles. The summed E-state index contributed by atoms with van der Waals surface area (Å²) in [5.41, 5.74) is 0.877. The Hall–Kier alpha value is -2.13. The van der Waals surface area contributed by atoms with Crippen molar-refractivity contribution >= 4 is 15.9 Å². The Labute approximate surface area is 139 Å². The molecule has 120 valence electrons. The molecular formula is C20H22O2S. The topological polar surface area (TPSA) is 34.1 Å². The molecule has 0 aliphatic heterocycles. The summed E-state index contributed by atoms with van der Waals surface area (Å²) in [6, 6.07) is 18.1. The highest BCUT2D eigenvalue weighted by Gasteiger charge is 2.18. The van der Waals surface area contributed by atoms with Gasteiger partial charge in [-0.25, -0.2) is 8.42 Å². The van der Waals surface area contributed by atoms with Gasteiger partial charge in [0.1, 0.15) is 0 Å². The molecule has 0 aliphatic rings. The Morgan fingerprint density at radius 2 is 1.57 bits per heavy atom. The smallest absolute Gasteiger partial charge is 0.206 e. The quantitative estimate of drug-likeness (QED) is 0.514. The molecule has 0 spiro atoms. The van der Waals surface area contributed by atoms with Crippen LogP contribution in [0, 0.1) is 0 Å². The summed E-state index contributed by atoms with van der Waals surface area (Å²) in [5, 5.41) is 0. The minimum absolute atomic E-state index is 0.322. The summed E-state index contributed by atoms with van der Waals surface area (Å²) in [6.45, 7) is 2.12. The first-order valence-corrected chi connectivity index (χ1v) is 9.36. The van der Waals surface area contributed by atoms with E-state index in [1.165, 1.54) is 0 Å². The molecule has 2 nitrogen and oxygen atoms in total. The van der Waals surface area contributed by atoms with Crippen LogP contribution in [-0.2, 0) is 9.84 Å². The molecule has 3 heteroatoms. The SMILES string of the molecule is CCCC/C=C/C(=C/c1ccccc1)S(=O)(=O)c1ccccc1. The van der Waals surface area contributed by atoms with Crippen molar-refractivity contribution in [3.8, 4) is 0 Å². The fourth-order valence-corrected chi connectivity index (χ4v) is 3.54. The number of sulfone groups is 1. The summed E-state index contributed by atoms with van der Waals surface area (Å²) in [4.78, 5) is 0.647. The van der Waals surface area contributed by atoms with Gasteiger partial charge in [-0.3, -0.25) is 0 Å². The van der Waals surface area contributed by atoms with Crippen molar-refractivity contribution in [3.63, 3.8) is 0 Å². The highest BCUT2D eigenvalue weighted by molar-refractivity contribution is 7.95. The summed E-state index contributed by atoms with van der Waals surface area (Å²) >= 11 is 0. The zero-order chi connectivity index (χ0) is 16.5. The molecule has 23 heavy (non-hydrogen) atoms. The van der Waals surface area contributed by atoms with E-state index >= 15 is 0 Å². The van der Waals surface area contributed by atoms with Gasteiger partial charge in [0.05, 0.1) is 9.80 Å². The Balaban J connectivity index is 2.41. The van der Waals surface area contributed by atoms with Crippen molar-refractivity contribution in [1.29, 1.82) is 0 Å². The van der Waals surface area contributed by atoms with E-state index < -0.39 is 9.84 Å². The summed E-state index contributed by atoms with van der Waals surface area (Å²) in [6.07, 6.45) is 8.43. The van der Waals surface area contributed by atoms with Crippen molar-refractivity contribution in [2.24, 2.45) is 0 Å². The Morgan fingerprint density at radius 3 is 2.17 bits per heavy atom. The molecule has 0 aromatic heterocycles. The van der Waals surface area contributed by atoms with Crippen LogP contribution in [0.1, 0.15) is 31.7 Å². The molecule has 0 atom stereocenters. The third kappa shape index (κ3) is 4.93. The second-order valence-electron chi connectivity index (χ2n) is 5.32. The number of hydrogen-bond donors (Lipinski definition) is 0. The van der Waals surface area contributed by atoms with E-state index in [2.05, 4.69) is 6.92 Å². The van der Waals surface area contributed by atoms with Crippen LogP contribution < -0.4 is 0 Å². The minimum Gasteiger partial charge on any atom is -0.219 e. The Kier molecular flexibility index (Phi) is 6.36. The van der Waals surface area contributed by atoms with Crippen molar-refractivity contribution < 1.29 is 8.42 Å². The largest absolute Gasteiger partial charge is 0.219 e. The van der Waals surface area contributed by atoms with Gasteiger partial charge in [0, 0.05) is 0 Å². The number of hydrogen-bond acceptors (Lipinski definition) is 2. The maximum absolute atomic E-state index is 12.9. The molecule has 0 aliphatic carbocycles. The van der Waals surface area contributed by atoms with E-state index in [0.29, 0.717) is 9.80 Å². The molecule has 2 aromatic carbocycles. The van der Waals surface area contributed by atoms with Crippen LogP contribution in [0.15, 0.2) is 82.6 Å². The average molecular weight is 326 g/mol. The Bertz CT molecular complexity index is 758. The van der Waals surface area contributed by atoms with Crippen molar-refractivity contribution in [1.82, 2.24) is 0 Å². The summed E-state index contributed by atoms with van der Waals surface area (Å²) < 4.78 is 25.8. The lowest BCUT2D eigenvalue weighted by molar-refractivity contribution is 0.603. The van der Waals surface area contributed by atoms with Crippen LogP contribution in [0.2, 0.25) is 0 Å². The minimum atomic E-state index is -3.51. The van der Waals surface area contributed by atoms with E-state index in [4.69, 9.17) is 0 Å². The van der Waals surface area contributed by atoms with E-state index in [9.17, 15) is 8.42 Å². The molecule has 0 radical (unpaired) electrons.